The number of hydrogen-bond donors (Lipinski definition) is 1. The molecule has 0 amide bonds. The zero-order valence-electron chi connectivity index (χ0n) is 12.1. The smallest absolute Gasteiger partial charge is 0.129 e. The van der Waals surface area contributed by atoms with E-state index >= 15 is 0 Å². The number of pyridine rings is 1. The van der Waals surface area contributed by atoms with Gasteiger partial charge < -0.3 is 10.0 Å². The Morgan fingerprint density at radius 1 is 1.19 bits per heavy atom. The lowest BCUT2D eigenvalue weighted by Crippen LogP contribution is -2.23. The van der Waals surface area contributed by atoms with E-state index in [1.807, 2.05) is 6.92 Å². The number of hydrogen-bond acceptors (Lipinski definition) is 3. The molecule has 0 radical (unpaired) electrons. The fourth-order valence-corrected chi connectivity index (χ4v) is 3.97. The second-order valence-corrected chi connectivity index (χ2v) is 6.51. The Morgan fingerprint density at radius 3 is 2.62 bits per heavy atom. The Kier molecular flexibility index (Phi) is 2.89. The van der Waals surface area contributed by atoms with Crippen molar-refractivity contribution >= 4 is 16.7 Å². The van der Waals surface area contributed by atoms with E-state index in [1.165, 1.54) is 12.1 Å². The molecular weight excluding hydrogens is 267 g/mol. The minimum atomic E-state index is -0.243. The number of aliphatic hydroxyl groups is 1. The van der Waals surface area contributed by atoms with Gasteiger partial charge in [-0.25, -0.2) is 9.37 Å². The molecule has 1 unspecified atom stereocenters. The first-order chi connectivity index (χ1) is 10.1. The molecule has 3 atom stereocenters. The molecular formula is C17H19FN2O. The van der Waals surface area contributed by atoms with Crippen LogP contribution in [0.5, 0.6) is 0 Å². The van der Waals surface area contributed by atoms with E-state index in [9.17, 15) is 9.50 Å². The molecule has 3 nitrogen and oxygen atoms in total. The molecule has 4 heteroatoms. The molecule has 4 rings (SSSR count). The number of aromatic nitrogens is 1. The maximum atomic E-state index is 13.4. The number of nitrogens with zero attached hydrogens (tertiary/aromatic N) is 2. The molecule has 0 spiro atoms. The van der Waals surface area contributed by atoms with Gasteiger partial charge in [-0.05, 0) is 55.4 Å². The number of aliphatic hydroxyl groups excluding tert-OH is 1. The Labute approximate surface area is 123 Å². The maximum absolute atomic E-state index is 13.4. The third-order valence-electron chi connectivity index (χ3n) is 5.02. The summed E-state index contributed by atoms with van der Waals surface area (Å²) in [6.45, 7) is 3.95. The second-order valence-electron chi connectivity index (χ2n) is 6.51. The van der Waals surface area contributed by atoms with Crippen LogP contribution in [0.1, 0.15) is 18.4 Å². The minimum absolute atomic E-state index is 0.123. The average Bonchev–Trinajstić information content (AvgIpc) is 2.95. The molecule has 2 fully saturated rings. The van der Waals surface area contributed by atoms with Crippen molar-refractivity contribution in [3.8, 4) is 0 Å². The standard InChI is InChI=1S/C17H19FN2O/c1-10-4-17(19-16-7-13(18)2-3-15(10)16)20-8-11-5-14(21)6-12(11)9-20/h2-4,7,11-12,14,21H,5-6,8-9H2,1H3/t11-,12+,14?. The van der Waals surface area contributed by atoms with Gasteiger partial charge in [0.2, 0.25) is 0 Å². The van der Waals surface area contributed by atoms with Gasteiger partial charge in [-0.3, -0.25) is 0 Å². The van der Waals surface area contributed by atoms with E-state index in [2.05, 4.69) is 16.0 Å². The Balaban J connectivity index is 1.68. The summed E-state index contributed by atoms with van der Waals surface area (Å²) >= 11 is 0. The van der Waals surface area contributed by atoms with Crippen LogP contribution in [-0.2, 0) is 0 Å². The van der Waals surface area contributed by atoms with Crippen molar-refractivity contribution in [1.29, 1.82) is 0 Å². The van der Waals surface area contributed by atoms with Gasteiger partial charge in [-0.1, -0.05) is 0 Å². The summed E-state index contributed by atoms with van der Waals surface area (Å²) in [6, 6.07) is 6.88. The predicted octanol–water partition coefficient (Wildman–Crippen LogP) is 2.89. The normalized spacial score (nSPS) is 28.3. The topological polar surface area (TPSA) is 36.4 Å². The molecule has 2 aliphatic rings. The lowest BCUT2D eigenvalue weighted by Gasteiger charge is -2.20. The van der Waals surface area contributed by atoms with Crippen molar-refractivity contribution in [1.82, 2.24) is 4.98 Å². The Morgan fingerprint density at radius 2 is 1.90 bits per heavy atom. The van der Waals surface area contributed by atoms with Crippen LogP contribution >= 0.6 is 0 Å². The van der Waals surface area contributed by atoms with E-state index < -0.39 is 0 Å². The van der Waals surface area contributed by atoms with Gasteiger partial charge in [-0.2, -0.15) is 0 Å². The van der Waals surface area contributed by atoms with Gasteiger partial charge in [0.1, 0.15) is 11.6 Å². The fraction of sp³-hybridized carbons (Fsp3) is 0.471. The zero-order valence-corrected chi connectivity index (χ0v) is 12.1. The fourth-order valence-electron chi connectivity index (χ4n) is 3.97. The number of aryl methyl sites for hydroxylation is 1. The highest BCUT2D eigenvalue weighted by Crippen LogP contribution is 2.39. The first-order valence-corrected chi connectivity index (χ1v) is 7.60. The molecule has 2 heterocycles. The zero-order chi connectivity index (χ0) is 14.6. The van der Waals surface area contributed by atoms with Crippen LogP contribution in [0, 0.1) is 24.6 Å². The first-order valence-electron chi connectivity index (χ1n) is 7.60. The molecule has 0 bridgehead atoms. The minimum Gasteiger partial charge on any atom is -0.393 e. The summed E-state index contributed by atoms with van der Waals surface area (Å²) in [6.07, 6.45) is 1.69. The molecule has 1 aliphatic carbocycles. The van der Waals surface area contributed by atoms with Gasteiger partial charge in [0, 0.05) is 24.5 Å². The van der Waals surface area contributed by atoms with Crippen LogP contribution < -0.4 is 4.90 Å². The van der Waals surface area contributed by atoms with Crippen molar-refractivity contribution in [3.63, 3.8) is 0 Å². The number of fused-ring (bicyclic) bond motifs is 2. The van der Waals surface area contributed by atoms with Crippen molar-refractivity contribution in [2.75, 3.05) is 18.0 Å². The van der Waals surface area contributed by atoms with E-state index in [4.69, 9.17) is 0 Å². The van der Waals surface area contributed by atoms with Crippen molar-refractivity contribution < 1.29 is 9.50 Å². The summed E-state index contributed by atoms with van der Waals surface area (Å²) in [7, 11) is 0. The van der Waals surface area contributed by atoms with Crippen LogP contribution in [0.3, 0.4) is 0 Å². The Hall–Kier alpha value is -1.68. The highest BCUT2D eigenvalue weighted by atomic mass is 19.1. The lowest BCUT2D eigenvalue weighted by atomic mass is 10.0. The van der Waals surface area contributed by atoms with Crippen LogP contribution in [-0.4, -0.2) is 29.3 Å². The third-order valence-corrected chi connectivity index (χ3v) is 5.02. The van der Waals surface area contributed by atoms with Crippen LogP contribution in [0.4, 0.5) is 10.2 Å². The molecule has 1 saturated carbocycles. The van der Waals surface area contributed by atoms with E-state index in [-0.39, 0.29) is 11.9 Å². The summed E-state index contributed by atoms with van der Waals surface area (Å²) in [5.41, 5.74) is 1.86. The molecule has 21 heavy (non-hydrogen) atoms. The number of halogens is 1. The predicted molar refractivity (Wildman–Crippen MR) is 80.9 cm³/mol. The van der Waals surface area contributed by atoms with Gasteiger partial charge in [-0.15, -0.1) is 0 Å². The monoisotopic (exact) mass is 286 g/mol. The quantitative estimate of drug-likeness (QED) is 0.875. The van der Waals surface area contributed by atoms with Gasteiger partial charge >= 0.3 is 0 Å². The van der Waals surface area contributed by atoms with Gasteiger partial charge in [0.25, 0.3) is 0 Å². The van der Waals surface area contributed by atoms with E-state index in [1.54, 1.807) is 6.07 Å². The summed E-state index contributed by atoms with van der Waals surface area (Å²) in [5.74, 6) is 1.85. The van der Waals surface area contributed by atoms with E-state index in [0.29, 0.717) is 11.8 Å². The molecule has 1 aromatic carbocycles. The molecule has 1 saturated heterocycles. The highest BCUT2D eigenvalue weighted by Gasteiger charge is 2.40. The van der Waals surface area contributed by atoms with Crippen LogP contribution in [0.15, 0.2) is 24.3 Å². The summed E-state index contributed by atoms with van der Waals surface area (Å²) in [5, 5.41) is 10.7. The second kappa shape index (κ2) is 4.67. The summed E-state index contributed by atoms with van der Waals surface area (Å²) < 4.78 is 13.4. The largest absolute Gasteiger partial charge is 0.393 e. The van der Waals surface area contributed by atoms with Crippen LogP contribution in [0.2, 0.25) is 0 Å². The van der Waals surface area contributed by atoms with Gasteiger partial charge in [0.05, 0.1) is 11.6 Å². The third kappa shape index (κ3) is 2.18. The molecule has 2 aromatic rings. The lowest BCUT2D eigenvalue weighted by molar-refractivity contribution is 0.174. The average molecular weight is 286 g/mol. The van der Waals surface area contributed by atoms with Crippen molar-refractivity contribution in [2.45, 2.75) is 25.9 Å². The molecule has 1 aliphatic heterocycles. The first kappa shape index (κ1) is 13.0. The number of rotatable bonds is 1. The van der Waals surface area contributed by atoms with Gasteiger partial charge in [0.15, 0.2) is 0 Å². The molecule has 1 aromatic heterocycles. The SMILES string of the molecule is Cc1cc(N2C[C@H]3CC(O)C[C@H]3C2)nc2cc(F)ccc12. The summed E-state index contributed by atoms with van der Waals surface area (Å²) in [4.78, 5) is 6.94. The highest BCUT2D eigenvalue weighted by molar-refractivity contribution is 5.84. The Bertz CT molecular complexity index is 688. The maximum Gasteiger partial charge on any atom is 0.129 e. The van der Waals surface area contributed by atoms with Crippen molar-refractivity contribution in [3.05, 3.63) is 35.6 Å². The number of anilines is 1. The number of benzene rings is 1. The van der Waals surface area contributed by atoms with Crippen LogP contribution in [0.25, 0.3) is 10.9 Å². The molecule has 110 valence electrons. The van der Waals surface area contributed by atoms with Crippen molar-refractivity contribution in [2.24, 2.45) is 11.8 Å². The van der Waals surface area contributed by atoms with E-state index in [0.717, 1.165) is 48.2 Å². The molecule has 1 N–H and O–H groups in total.